The number of fused-ring (bicyclic) bond motifs is 1. The second kappa shape index (κ2) is 3.14. The first-order chi connectivity index (χ1) is 6.29. The molecule has 0 aliphatic carbocycles. The predicted octanol–water partition coefficient (Wildman–Crippen LogP) is 0.596. The molecule has 69 valence electrons. The van der Waals surface area contributed by atoms with Crippen molar-refractivity contribution in [3.05, 3.63) is 24.8 Å². The number of nitrogens with one attached hydrogen (secondary N) is 1. The Morgan fingerprint density at radius 2 is 2.38 bits per heavy atom. The van der Waals surface area contributed by atoms with Crippen LogP contribution in [0.2, 0.25) is 0 Å². The van der Waals surface area contributed by atoms with Crippen LogP contribution in [0.1, 0.15) is 0 Å². The molecule has 0 aromatic heterocycles. The number of hydrogen-bond acceptors (Lipinski definition) is 4. The van der Waals surface area contributed by atoms with Gasteiger partial charge in [-0.2, -0.15) is 0 Å². The minimum Gasteiger partial charge on any atom is -0.482 e. The fraction of sp³-hybridized carbons (Fsp3) is 0.222. The SMILES string of the molecule is Nc1ccc2c(c1)NC(CO)[CH]O2. The first kappa shape index (κ1) is 8.19. The van der Waals surface area contributed by atoms with Crippen LogP contribution in [0.4, 0.5) is 11.4 Å². The normalized spacial score (nSPS) is 19.9. The van der Waals surface area contributed by atoms with Crippen LogP contribution in [-0.2, 0) is 0 Å². The van der Waals surface area contributed by atoms with Crippen LogP contribution < -0.4 is 15.8 Å². The molecule has 1 heterocycles. The van der Waals surface area contributed by atoms with Gasteiger partial charge in [0.15, 0.2) is 6.61 Å². The van der Waals surface area contributed by atoms with E-state index >= 15 is 0 Å². The van der Waals surface area contributed by atoms with E-state index in [9.17, 15) is 0 Å². The Balaban J connectivity index is 2.27. The molecule has 0 spiro atoms. The number of aliphatic hydroxyl groups excluding tert-OH is 1. The van der Waals surface area contributed by atoms with E-state index in [2.05, 4.69) is 5.32 Å². The summed E-state index contributed by atoms with van der Waals surface area (Å²) in [6.45, 7) is 1.58. The number of aliphatic hydroxyl groups is 1. The molecule has 4 nitrogen and oxygen atoms in total. The molecule has 0 amide bonds. The van der Waals surface area contributed by atoms with Gasteiger partial charge >= 0.3 is 0 Å². The lowest BCUT2D eigenvalue weighted by molar-refractivity contribution is 0.246. The van der Waals surface area contributed by atoms with E-state index in [-0.39, 0.29) is 12.6 Å². The molecule has 1 aliphatic rings. The van der Waals surface area contributed by atoms with Crippen molar-refractivity contribution in [2.24, 2.45) is 0 Å². The molecule has 1 atom stereocenters. The van der Waals surface area contributed by atoms with Crippen LogP contribution in [0, 0.1) is 6.61 Å². The summed E-state index contributed by atoms with van der Waals surface area (Å²) in [5, 5.41) is 12.0. The van der Waals surface area contributed by atoms with E-state index in [0.717, 1.165) is 11.4 Å². The minimum absolute atomic E-state index is 0.00817. The van der Waals surface area contributed by atoms with Gasteiger partial charge in [0.1, 0.15) is 5.75 Å². The maximum Gasteiger partial charge on any atom is 0.160 e. The molecular weight excluding hydrogens is 168 g/mol. The van der Waals surface area contributed by atoms with E-state index in [0.29, 0.717) is 5.69 Å². The van der Waals surface area contributed by atoms with E-state index in [4.69, 9.17) is 15.6 Å². The number of hydrogen-bond donors (Lipinski definition) is 3. The second-order valence-electron chi connectivity index (χ2n) is 2.94. The average molecular weight is 179 g/mol. The van der Waals surface area contributed by atoms with Gasteiger partial charge in [-0.25, -0.2) is 0 Å². The van der Waals surface area contributed by atoms with E-state index in [1.165, 1.54) is 0 Å². The molecule has 4 N–H and O–H groups in total. The summed E-state index contributed by atoms with van der Waals surface area (Å²) in [5.74, 6) is 0.735. The van der Waals surface area contributed by atoms with Gasteiger partial charge in [-0.3, -0.25) is 0 Å². The zero-order chi connectivity index (χ0) is 9.26. The van der Waals surface area contributed by atoms with Crippen molar-refractivity contribution in [1.29, 1.82) is 0 Å². The Kier molecular flexibility index (Phi) is 1.98. The summed E-state index contributed by atoms with van der Waals surface area (Å²) in [5.41, 5.74) is 7.10. The van der Waals surface area contributed by atoms with Crippen molar-refractivity contribution in [3.63, 3.8) is 0 Å². The monoisotopic (exact) mass is 179 g/mol. The largest absolute Gasteiger partial charge is 0.482 e. The summed E-state index contributed by atoms with van der Waals surface area (Å²) in [4.78, 5) is 0. The zero-order valence-corrected chi connectivity index (χ0v) is 7.03. The highest BCUT2D eigenvalue weighted by molar-refractivity contribution is 5.65. The Morgan fingerprint density at radius 1 is 1.54 bits per heavy atom. The standard InChI is InChI=1S/C9H11N2O2/c10-6-1-2-9-8(3-6)11-7(4-12)5-13-9/h1-3,5,7,11-12H,4,10H2. The number of benzene rings is 1. The summed E-state index contributed by atoms with van der Waals surface area (Å²) in [7, 11) is 0. The fourth-order valence-electron chi connectivity index (χ4n) is 1.24. The number of anilines is 2. The predicted molar refractivity (Wildman–Crippen MR) is 50.3 cm³/mol. The van der Waals surface area contributed by atoms with Gasteiger partial charge in [-0.15, -0.1) is 0 Å². The van der Waals surface area contributed by atoms with E-state index < -0.39 is 0 Å². The molecule has 1 radical (unpaired) electrons. The number of nitrogen functional groups attached to an aromatic ring is 1. The van der Waals surface area contributed by atoms with Crippen molar-refractivity contribution < 1.29 is 9.84 Å². The second-order valence-corrected chi connectivity index (χ2v) is 2.94. The van der Waals surface area contributed by atoms with Crippen LogP contribution in [0.5, 0.6) is 5.75 Å². The Morgan fingerprint density at radius 3 is 3.15 bits per heavy atom. The Bertz CT molecular complexity index is 314. The molecule has 2 rings (SSSR count). The maximum atomic E-state index is 8.88. The van der Waals surface area contributed by atoms with Crippen molar-refractivity contribution in [1.82, 2.24) is 0 Å². The van der Waals surface area contributed by atoms with Crippen molar-refractivity contribution in [2.45, 2.75) is 6.04 Å². The zero-order valence-electron chi connectivity index (χ0n) is 7.03. The van der Waals surface area contributed by atoms with Crippen LogP contribution in [0.15, 0.2) is 18.2 Å². The van der Waals surface area contributed by atoms with Crippen molar-refractivity contribution in [2.75, 3.05) is 17.7 Å². The molecule has 0 bridgehead atoms. The first-order valence-corrected chi connectivity index (χ1v) is 4.06. The molecule has 1 unspecified atom stereocenters. The highest BCUT2D eigenvalue weighted by Crippen LogP contribution is 2.31. The van der Waals surface area contributed by atoms with E-state index in [1.807, 2.05) is 0 Å². The molecule has 1 aromatic carbocycles. The van der Waals surface area contributed by atoms with Crippen LogP contribution in [0.25, 0.3) is 0 Å². The van der Waals surface area contributed by atoms with Crippen LogP contribution >= 0.6 is 0 Å². The third kappa shape index (κ3) is 1.53. The van der Waals surface area contributed by atoms with Gasteiger partial charge in [-0.05, 0) is 18.2 Å². The molecule has 0 saturated heterocycles. The third-order valence-corrected chi connectivity index (χ3v) is 1.90. The summed E-state index contributed by atoms with van der Waals surface area (Å²) < 4.78 is 5.28. The summed E-state index contributed by atoms with van der Waals surface area (Å²) in [6, 6.07) is 5.19. The van der Waals surface area contributed by atoms with Gasteiger partial charge in [0, 0.05) is 5.69 Å². The minimum atomic E-state index is -0.158. The molecule has 0 fully saturated rings. The molecule has 0 saturated carbocycles. The average Bonchev–Trinajstić information content (AvgIpc) is 2.16. The lowest BCUT2D eigenvalue weighted by atomic mass is 10.2. The smallest absolute Gasteiger partial charge is 0.160 e. The fourth-order valence-corrected chi connectivity index (χ4v) is 1.24. The Hall–Kier alpha value is -1.42. The maximum absolute atomic E-state index is 8.88. The summed E-state index contributed by atoms with van der Waals surface area (Å²) >= 11 is 0. The Labute approximate surface area is 76.3 Å². The lowest BCUT2D eigenvalue weighted by Gasteiger charge is -2.25. The number of ether oxygens (including phenoxy) is 1. The van der Waals surface area contributed by atoms with Crippen molar-refractivity contribution >= 4 is 11.4 Å². The molecule has 1 aliphatic heterocycles. The molecule has 13 heavy (non-hydrogen) atoms. The molecular formula is C9H11N2O2. The van der Waals surface area contributed by atoms with E-state index in [1.54, 1.807) is 24.8 Å². The van der Waals surface area contributed by atoms with Crippen molar-refractivity contribution in [3.8, 4) is 5.75 Å². The van der Waals surface area contributed by atoms with Crippen LogP contribution in [0.3, 0.4) is 0 Å². The highest BCUT2D eigenvalue weighted by atomic mass is 16.5. The van der Waals surface area contributed by atoms with Gasteiger partial charge in [0.2, 0.25) is 0 Å². The van der Waals surface area contributed by atoms with Crippen LogP contribution in [-0.4, -0.2) is 17.8 Å². The lowest BCUT2D eigenvalue weighted by Crippen LogP contribution is -2.30. The molecule has 1 aromatic rings. The number of nitrogens with two attached hydrogens (primary N) is 1. The van der Waals surface area contributed by atoms with Gasteiger partial charge in [-0.1, -0.05) is 0 Å². The van der Waals surface area contributed by atoms with Gasteiger partial charge in [0.25, 0.3) is 0 Å². The van der Waals surface area contributed by atoms with Gasteiger partial charge < -0.3 is 20.9 Å². The third-order valence-electron chi connectivity index (χ3n) is 1.90. The van der Waals surface area contributed by atoms with Gasteiger partial charge in [0.05, 0.1) is 18.3 Å². The topological polar surface area (TPSA) is 67.5 Å². The number of rotatable bonds is 1. The quantitative estimate of drug-likeness (QED) is 0.552. The highest BCUT2D eigenvalue weighted by Gasteiger charge is 2.18. The summed E-state index contributed by atoms with van der Waals surface area (Å²) in [6.07, 6.45) is 0. The first-order valence-electron chi connectivity index (χ1n) is 4.06. The molecule has 4 heteroatoms.